The molecule has 1 aliphatic rings. The highest BCUT2D eigenvalue weighted by atomic mass is 35.5. The SMILES string of the molecule is O=C(Cc1ccc(Cl)cc1)NCCc1nc2ccccc2n1CC(=O)N1CCOCC1. The molecule has 7 nitrogen and oxygen atoms in total. The van der Waals surface area contributed by atoms with Gasteiger partial charge in [-0.1, -0.05) is 35.9 Å². The number of amides is 2. The number of rotatable bonds is 7. The Morgan fingerprint density at radius 1 is 1.06 bits per heavy atom. The normalized spacial score (nSPS) is 14.0. The van der Waals surface area contributed by atoms with Gasteiger partial charge in [0.1, 0.15) is 12.4 Å². The van der Waals surface area contributed by atoms with E-state index < -0.39 is 0 Å². The Balaban J connectivity index is 1.40. The highest BCUT2D eigenvalue weighted by Crippen LogP contribution is 2.17. The molecule has 0 saturated carbocycles. The Kier molecular flexibility index (Phi) is 6.84. The summed E-state index contributed by atoms with van der Waals surface area (Å²) in [5, 5.41) is 3.59. The lowest BCUT2D eigenvalue weighted by molar-refractivity contribution is -0.135. The van der Waals surface area contributed by atoms with Gasteiger partial charge in [-0.05, 0) is 29.8 Å². The molecule has 2 heterocycles. The fourth-order valence-electron chi connectivity index (χ4n) is 3.70. The molecule has 0 bridgehead atoms. The molecular weight excluding hydrogens is 416 g/mol. The topological polar surface area (TPSA) is 76.5 Å². The monoisotopic (exact) mass is 440 g/mol. The van der Waals surface area contributed by atoms with Crippen molar-refractivity contribution in [2.45, 2.75) is 19.4 Å². The lowest BCUT2D eigenvalue weighted by atomic mass is 10.1. The molecule has 3 aromatic rings. The van der Waals surface area contributed by atoms with E-state index in [1.54, 1.807) is 12.1 Å². The molecule has 4 rings (SSSR count). The zero-order chi connectivity index (χ0) is 21.6. The molecule has 1 fully saturated rings. The first kappa shape index (κ1) is 21.3. The fourth-order valence-corrected chi connectivity index (χ4v) is 3.83. The summed E-state index contributed by atoms with van der Waals surface area (Å²) in [5.41, 5.74) is 2.68. The van der Waals surface area contributed by atoms with Crippen molar-refractivity contribution in [3.05, 3.63) is 64.9 Å². The summed E-state index contributed by atoms with van der Waals surface area (Å²) in [6, 6.07) is 15.0. The van der Waals surface area contributed by atoms with Gasteiger partial charge in [0.05, 0.1) is 30.7 Å². The van der Waals surface area contributed by atoms with Crippen LogP contribution in [0.1, 0.15) is 11.4 Å². The van der Waals surface area contributed by atoms with E-state index in [1.165, 1.54) is 0 Å². The van der Waals surface area contributed by atoms with Crippen molar-refractivity contribution in [2.75, 3.05) is 32.8 Å². The van der Waals surface area contributed by atoms with Gasteiger partial charge in [0, 0.05) is 31.1 Å². The van der Waals surface area contributed by atoms with Crippen LogP contribution < -0.4 is 5.32 Å². The van der Waals surface area contributed by atoms with Gasteiger partial charge >= 0.3 is 0 Å². The first-order valence-corrected chi connectivity index (χ1v) is 10.8. The average Bonchev–Trinajstić information content (AvgIpc) is 3.13. The van der Waals surface area contributed by atoms with E-state index in [0.717, 1.165) is 22.4 Å². The van der Waals surface area contributed by atoms with Crippen LogP contribution in [0.25, 0.3) is 11.0 Å². The molecule has 1 aromatic heterocycles. The van der Waals surface area contributed by atoms with Crippen molar-refractivity contribution in [3.63, 3.8) is 0 Å². The van der Waals surface area contributed by atoms with E-state index in [1.807, 2.05) is 45.9 Å². The van der Waals surface area contributed by atoms with Gasteiger partial charge in [-0.15, -0.1) is 0 Å². The van der Waals surface area contributed by atoms with Crippen LogP contribution in [0.3, 0.4) is 0 Å². The van der Waals surface area contributed by atoms with Gasteiger partial charge in [0.25, 0.3) is 0 Å². The van der Waals surface area contributed by atoms with Gasteiger partial charge in [-0.2, -0.15) is 0 Å². The van der Waals surface area contributed by atoms with E-state index in [-0.39, 0.29) is 18.4 Å². The second-order valence-electron chi connectivity index (χ2n) is 7.50. The van der Waals surface area contributed by atoms with Gasteiger partial charge in [-0.25, -0.2) is 4.98 Å². The number of hydrogen-bond donors (Lipinski definition) is 1. The smallest absolute Gasteiger partial charge is 0.242 e. The molecule has 162 valence electrons. The molecule has 0 unspecified atom stereocenters. The highest BCUT2D eigenvalue weighted by molar-refractivity contribution is 6.30. The van der Waals surface area contributed by atoms with E-state index in [4.69, 9.17) is 21.3 Å². The third-order valence-corrected chi connectivity index (χ3v) is 5.59. The minimum atomic E-state index is -0.0608. The van der Waals surface area contributed by atoms with Crippen LogP contribution in [0.15, 0.2) is 48.5 Å². The first-order chi connectivity index (χ1) is 15.1. The summed E-state index contributed by atoms with van der Waals surface area (Å²) in [6.45, 7) is 3.05. The largest absolute Gasteiger partial charge is 0.378 e. The summed E-state index contributed by atoms with van der Waals surface area (Å²) >= 11 is 5.89. The molecule has 0 spiro atoms. The number of fused-ring (bicyclic) bond motifs is 1. The van der Waals surface area contributed by atoms with E-state index in [9.17, 15) is 9.59 Å². The number of benzene rings is 2. The molecule has 1 aliphatic heterocycles. The number of morpholine rings is 1. The van der Waals surface area contributed by atoms with Crippen molar-refractivity contribution in [1.29, 1.82) is 0 Å². The molecule has 1 N–H and O–H groups in total. The molecule has 0 aliphatic carbocycles. The van der Waals surface area contributed by atoms with E-state index in [0.29, 0.717) is 50.7 Å². The number of imidazole rings is 1. The summed E-state index contributed by atoms with van der Waals surface area (Å²) < 4.78 is 7.30. The Labute approximate surface area is 186 Å². The second kappa shape index (κ2) is 9.94. The zero-order valence-corrected chi connectivity index (χ0v) is 18.0. The van der Waals surface area contributed by atoms with Crippen LogP contribution in [0, 0.1) is 0 Å². The van der Waals surface area contributed by atoms with E-state index in [2.05, 4.69) is 5.32 Å². The molecule has 0 atom stereocenters. The summed E-state index contributed by atoms with van der Waals surface area (Å²) in [4.78, 5) is 31.6. The Morgan fingerprint density at radius 3 is 2.58 bits per heavy atom. The van der Waals surface area contributed by atoms with Crippen LogP contribution >= 0.6 is 11.6 Å². The quantitative estimate of drug-likeness (QED) is 0.612. The van der Waals surface area contributed by atoms with Crippen molar-refractivity contribution >= 4 is 34.4 Å². The number of carbonyl (C=O) groups excluding carboxylic acids is 2. The summed E-state index contributed by atoms with van der Waals surface area (Å²) in [6.07, 6.45) is 0.834. The number of nitrogens with one attached hydrogen (secondary N) is 1. The molecule has 2 aromatic carbocycles. The second-order valence-corrected chi connectivity index (χ2v) is 7.94. The number of aromatic nitrogens is 2. The van der Waals surface area contributed by atoms with Crippen LogP contribution in [-0.2, 0) is 33.7 Å². The number of halogens is 1. The molecule has 2 amide bonds. The van der Waals surface area contributed by atoms with Crippen LogP contribution in [-0.4, -0.2) is 59.1 Å². The molecule has 1 saturated heterocycles. The van der Waals surface area contributed by atoms with Gasteiger partial charge < -0.3 is 19.5 Å². The van der Waals surface area contributed by atoms with Gasteiger partial charge in [0.15, 0.2) is 0 Å². The maximum absolute atomic E-state index is 12.8. The van der Waals surface area contributed by atoms with Gasteiger partial charge in [-0.3, -0.25) is 9.59 Å². The maximum atomic E-state index is 12.8. The lowest BCUT2D eigenvalue weighted by Crippen LogP contribution is -2.42. The lowest BCUT2D eigenvalue weighted by Gasteiger charge is -2.27. The Bertz CT molecular complexity index is 1060. The minimum Gasteiger partial charge on any atom is -0.378 e. The predicted molar refractivity (Wildman–Crippen MR) is 119 cm³/mol. The van der Waals surface area contributed by atoms with Gasteiger partial charge in [0.2, 0.25) is 11.8 Å². The standard InChI is InChI=1S/C23H25ClN4O3/c24-18-7-5-17(6-8-18)15-22(29)25-10-9-21-26-19-3-1-2-4-20(19)28(21)16-23(30)27-11-13-31-14-12-27/h1-8H,9-16H2,(H,25,29). The summed E-state index contributed by atoms with van der Waals surface area (Å²) in [7, 11) is 0. The number of hydrogen-bond acceptors (Lipinski definition) is 4. The number of ether oxygens (including phenoxy) is 1. The van der Waals surface area contributed by atoms with Crippen LogP contribution in [0.2, 0.25) is 5.02 Å². The Hall–Kier alpha value is -2.90. The molecule has 0 radical (unpaired) electrons. The highest BCUT2D eigenvalue weighted by Gasteiger charge is 2.20. The minimum absolute atomic E-state index is 0.0551. The van der Waals surface area contributed by atoms with E-state index >= 15 is 0 Å². The summed E-state index contributed by atoms with van der Waals surface area (Å²) in [5.74, 6) is 0.781. The zero-order valence-electron chi connectivity index (χ0n) is 17.2. The van der Waals surface area contributed by atoms with Crippen molar-refractivity contribution in [1.82, 2.24) is 19.8 Å². The third-order valence-electron chi connectivity index (χ3n) is 5.34. The number of para-hydroxylation sites is 2. The van der Waals surface area contributed by atoms with Crippen molar-refractivity contribution in [3.8, 4) is 0 Å². The maximum Gasteiger partial charge on any atom is 0.242 e. The molecule has 31 heavy (non-hydrogen) atoms. The predicted octanol–water partition coefficient (Wildman–Crippen LogP) is 2.45. The van der Waals surface area contributed by atoms with Crippen molar-refractivity contribution in [2.24, 2.45) is 0 Å². The third kappa shape index (κ3) is 5.42. The Morgan fingerprint density at radius 2 is 1.81 bits per heavy atom. The first-order valence-electron chi connectivity index (χ1n) is 10.4. The molecule has 8 heteroatoms. The molecular formula is C23H25ClN4O3. The van der Waals surface area contributed by atoms with Crippen molar-refractivity contribution < 1.29 is 14.3 Å². The van der Waals surface area contributed by atoms with Crippen LogP contribution in [0.5, 0.6) is 0 Å². The average molecular weight is 441 g/mol. The number of carbonyl (C=O) groups is 2. The van der Waals surface area contributed by atoms with Crippen LogP contribution in [0.4, 0.5) is 0 Å². The fraction of sp³-hybridized carbons (Fsp3) is 0.348. The number of nitrogens with zero attached hydrogens (tertiary/aromatic N) is 3.